The zero-order valence-corrected chi connectivity index (χ0v) is 19.8. The summed E-state index contributed by atoms with van der Waals surface area (Å²) in [6.07, 6.45) is 5.78. The van der Waals surface area contributed by atoms with E-state index in [1.54, 1.807) is 32.5 Å². The van der Waals surface area contributed by atoms with Crippen molar-refractivity contribution in [3.05, 3.63) is 29.4 Å². The number of nitrogens with zero attached hydrogens (tertiary/aromatic N) is 3. The highest BCUT2D eigenvalue weighted by Crippen LogP contribution is 2.36. The Labute approximate surface area is 193 Å². The molecule has 0 atom stereocenters. The molecule has 0 spiro atoms. The topological polar surface area (TPSA) is 83.6 Å². The molecule has 1 heterocycles. The van der Waals surface area contributed by atoms with E-state index < -0.39 is 0 Å². The molecule has 0 unspecified atom stereocenters. The van der Waals surface area contributed by atoms with Crippen molar-refractivity contribution in [2.75, 3.05) is 43.8 Å². The lowest BCUT2D eigenvalue weighted by atomic mass is 9.91. The van der Waals surface area contributed by atoms with E-state index in [1.807, 2.05) is 25.1 Å². The van der Waals surface area contributed by atoms with Gasteiger partial charge in [0.2, 0.25) is 5.95 Å². The van der Waals surface area contributed by atoms with E-state index in [0.29, 0.717) is 45.4 Å². The molecule has 31 heavy (non-hydrogen) atoms. The number of rotatable bonds is 7. The molecule has 3 N–H and O–H groups in total. The van der Waals surface area contributed by atoms with Crippen LogP contribution in [0.15, 0.2) is 24.4 Å². The monoisotopic (exact) mass is 464 g/mol. The molecule has 0 amide bonds. The van der Waals surface area contributed by atoms with Crippen LogP contribution in [0.4, 0.5) is 17.5 Å². The summed E-state index contributed by atoms with van der Waals surface area (Å²) in [6.45, 7) is 0. The number of halogens is 1. The summed E-state index contributed by atoms with van der Waals surface area (Å²) >= 11 is 11.7. The van der Waals surface area contributed by atoms with Crippen LogP contribution in [0.3, 0.4) is 0 Å². The number of ether oxygens (including phenoxy) is 2. The molecule has 1 aliphatic carbocycles. The Kier molecular flexibility index (Phi) is 7.97. The molecular weight excluding hydrogens is 436 g/mol. The SMILES string of the molecule is COc1cc(OC)c(NC(=S)N[C@H]2CC[C@@H](Nc3nccc(N(C)C)n3)CC2)cc1Cl. The maximum atomic E-state index is 6.24. The molecule has 168 valence electrons. The number of benzene rings is 1. The number of thiocarbonyl (C=S) groups is 1. The van der Waals surface area contributed by atoms with Gasteiger partial charge in [-0.15, -0.1) is 0 Å². The van der Waals surface area contributed by atoms with Crippen LogP contribution in [-0.4, -0.2) is 55.5 Å². The van der Waals surface area contributed by atoms with Crippen molar-refractivity contribution in [3.63, 3.8) is 0 Å². The smallest absolute Gasteiger partial charge is 0.224 e. The molecular formula is C21H29ClN6O2S. The van der Waals surface area contributed by atoms with Gasteiger partial charge in [0.05, 0.1) is 24.9 Å². The molecule has 1 aromatic carbocycles. The molecule has 3 rings (SSSR count). The van der Waals surface area contributed by atoms with Crippen LogP contribution >= 0.6 is 23.8 Å². The summed E-state index contributed by atoms with van der Waals surface area (Å²) in [6, 6.07) is 6.02. The standard InChI is InChI=1S/C21H29ClN6O2S/c1-28(2)19-9-10-23-20(27-19)24-13-5-7-14(8-6-13)25-21(31)26-16-11-15(22)17(29-3)12-18(16)30-4/h9-14H,5-8H2,1-4H3,(H,23,24,27)(H2,25,26,31)/t13-,14+. The lowest BCUT2D eigenvalue weighted by Crippen LogP contribution is -2.42. The fraction of sp³-hybridized carbons (Fsp3) is 0.476. The Hall–Kier alpha value is -2.52. The molecule has 0 bridgehead atoms. The quantitative estimate of drug-likeness (QED) is 0.528. The molecule has 10 heteroatoms. The van der Waals surface area contributed by atoms with Crippen molar-refractivity contribution in [1.82, 2.24) is 15.3 Å². The van der Waals surface area contributed by atoms with Crippen molar-refractivity contribution >= 4 is 46.4 Å². The molecule has 1 aromatic heterocycles. The third-order valence-corrected chi connectivity index (χ3v) is 5.73. The van der Waals surface area contributed by atoms with Crippen molar-refractivity contribution in [3.8, 4) is 11.5 Å². The molecule has 0 saturated heterocycles. The Morgan fingerprint density at radius 1 is 1.10 bits per heavy atom. The maximum Gasteiger partial charge on any atom is 0.224 e. The second-order valence-electron chi connectivity index (χ2n) is 7.61. The highest BCUT2D eigenvalue weighted by molar-refractivity contribution is 7.80. The second-order valence-corrected chi connectivity index (χ2v) is 8.43. The summed E-state index contributed by atoms with van der Waals surface area (Å²) in [5, 5.41) is 11.1. The highest BCUT2D eigenvalue weighted by atomic mass is 35.5. The molecule has 1 aliphatic rings. The average Bonchev–Trinajstić information content (AvgIpc) is 2.75. The van der Waals surface area contributed by atoms with E-state index in [2.05, 4.69) is 25.9 Å². The number of hydrogen-bond acceptors (Lipinski definition) is 7. The Balaban J connectivity index is 1.50. The lowest BCUT2D eigenvalue weighted by molar-refractivity contribution is 0.387. The van der Waals surface area contributed by atoms with Crippen molar-refractivity contribution < 1.29 is 9.47 Å². The van der Waals surface area contributed by atoms with Gasteiger partial charge in [0.25, 0.3) is 0 Å². The first-order valence-corrected chi connectivity index (χ1v) is 10.9. The van der Waals surface area contributed by atoms with Crippen molar-refractivity contribution in [2.45, 2.75) is 37.8 Å². The first-order chi connectivity index (χ1) is 14.9. The van der Waals surface area contributed by atoms with Crippen LogP contribution in [0.5, 0.6) is 11.5 Å². The lowest BCUT2D eigenvalue weighted by Gasteiger charge is -2.30. The van der Waals surface area contributed by atoms with Gasteiger partial charge in [0.15, 0.2) is 5.11 Å². The number of anilines is 3. The van der Waals surface area contributed by atoms with Gasteiger partial charge in [-0.1, -0.05) is 11.6 Å². The van der Waals surface area contributed by atoms with Crippen LogP contribution in [0.25, 0.3) is 0 Å². The molecule has 0 aliphatic heterocycles. The van der Waals surface area contributed by atoms with Gasteiger partial charge in [-0.05, 0) is 50.0 Å². The van der Waals surface area contributed by atoms with Crippen LogP contribution in [0.1, 0.15) is 25.7 Å². The average molecular weight is 465 g/mol. The third kappa shape index (κ3) is 6.24. The van der Waals surface area contributed by atoms with Gasteiger partial charge in [-0.25, -0.2) is 4.98 Å². The number of methoxy groups -OCH3 is 2. The summed E-state index contributed by atoms with van der Waals surface area (Å²) in [5.41, 5.74) is 0.694. The normalized spacial score (nSPS) is 18.1. The minimum atomic E-state index is 0.298. The molecule has 0 radical (unpaired) electrons. The number of hydrogen-bond donors (Lipinski definition) is 3. The zero-order valence-electron chi connectivity index (χ0n) is 18.2. The van der Waals surface area contributed by atoms with Crippen molar-refractivity contribution in [1.29, 1.82) is 0 Å². The van der Waals surface area contributed by atoms with Gasteiger partial charge < -0.3 is 30.3 Å². The van der Waals surface area contributed by atoms with Gasteiger partial charge in [0, 0.05) is 38.4 Å². The predicted molar refractivity (Wildman–Crippen MR) is 130 cm³/mol. The van der Waals surface area contributed by atoms with Crippen LogP contribution < -0.4 is 30.3 Å². The van der Waals surface area contributed by atoms with E-state index in [1.165, 1.54) is 0 Å². The fourth-order valence-corrected chi connectivity index (χ4v) is 4.05. The largest absolute Gasteiger partial charge is 0.495 e. The second kappa shape index (κ2) is 10.7. The predicted octanol–water partition coefficient (Wildman–Crippen LogP) is 3.92. The Bertz CT molecular complexity index is 905. The third-order valence-electron chi connectivity index (χ3n) is 5.22. The molecule has 8 nitrogen and oxygen atoms in total. The number of aromatic nitrogens is 2. The molecule has 1 fully saturated rings. The maximum absolute atomic E-state index is 6.24. The summed E-state index contributed by atoms with van der Waals surface area (Å²) in [4.78, 5) is 10.8. The fourth-order valence-electron chi connectivity index (χ4n) is 3.53. The van der Waals surface area contributed by atoms with Crippen LogP contribution in [0, 0.1) is 0 Å². The molecule has 1 saturated carbocycles. The minimum Gasteiger partial charge on any atom is -0.495 e. The van der Waals surface area contributed by atoms with E-state index in [9.17, 15) is 0 Å². The van der Waals surface area contributed by atoms with Gasteiger partial charge in [0.1, 0.15) is 17.3 Å². The highest BCUT2D eigenvalue weighted by Gasteiger charge is 2.22. The first-order valence-electron chi connectivity index (χ1n) is 10.2. The van der Waals surface area contributed by atoms with Crippen molar-refractivity contribution in [2.24, 2.45) is 0 Å². The van der Waals surface area contributed by atoms with E-state index >= 15 is 0 Å². The van der Waals surface area contributed by atoms with Gasteiger partial charge >= 0.3 is 0 Å². The van der Waals surface area contributed by atoms with Gasteiger partial charge in [-0.2, -0.15) is 4.98 Å². The minimum absolute atomic E-state index is 0.298. The Morgan fingerprint density at radius 3 is 2.42 bits per heavy atom. The summed E-state index contributed by atoms with van der Waals surface area (Å²) in [5.74, 6) is 2.72. The number of nitrogens with one attached hydrogen (secondary N) is 3. The molecule has 2 aromatic rings. The van der Waals surface area contributed by atoms with Crippen LogP contribution in [-0.2, 0) is 0 Å². The van der Waals surface area contributed by atoms with E-state index in [4.69, 9.17) is 33.3 Å². The van der Waals surface area contributed by atoms with Crippen LogP contribution in [0.2, 0.25) is 5.02 Å². The zero-order chi connectivity index (χ0) is 22.4. The van der Waals surface area contributed by atoms with E-state index in [0.717, 1.165) is 31.5 Å². The van der Waals surface area contributed by atoms with Gasteiger partial charge in [-0.3, -0.25) is 0 Å². The summed E-state index contributed by atoms with van der Waals surface area (Å²) < 4.78 is 10.7. The first kappa shape index (κ1) is 23.1. The van der Waals surface area contributed by atoms with E-state index in [-0.39, 0.29) is 0 Å². The Morgan fingerprint density at radius 2 is 1.77 bits per heavy atom. The summed E-state index contributed by atoms with van der Waals surface area (Å²) in [7, 11) is 7.09.